The number of methoxy groups -OCH3 is 1. The lowest BCUT2D eigenvalue weighted by Crippen LogP contribution is -2.17. The molecule has 0 heterocycles. The first-order chi connectivity index (χ1) is 19.6. The summed E-state index contributed by atoms with van der Waals surface area (Å²) in [5.41, 5.74) is 34.7. The molecule has 0 saturated carbocycles. The lowest BCUT2D eigenvalue weighted by atomic mass is 9.89. The monoisotopic (exact) mass is 560 g/mol. The molecule has 18 heteroatoms. The summed E-state index contributed by atoms with van der Waals surface area (Å²) in [6.07, 6.45) is -0.846. The smallest absolute Gasteiger partial charge is 0.253 e. The number of amides is 4. The molecule has 1 atom stereocenters. The number of nitrogens with zero attached hydrogens (tertiary/aromatic N) is 12. The zero-order valence-electron chi connectivity index (χ0n) is 21.8. The largest absolute Gasteiger partial charge is 0.496 e. The van der Waals surface area contributed by atoms with Crippen molar-refractivity contribution < 1.29 is 29.0 Å². The number of aliphatic hydroxyl groups excluding tert-OH is 1. The van der Waals surface area contributed by atoms with Gasteiger partial charge in [-0.1, -0.05) is 12.1 Å². The second-order valence-electron chi connectivity index (χ2n) is 8.26. The highest BCUT2D eigenvalue weighted by molar-refractivity contribution is 6.11. The van der Waals surface area contributed by atoms with E-state index in [2.05, 4.69) is 40.1 Å². The van der Waals surface area contributed by atoms with Crippen LogP contribution in [0.2, 0.25) is 0 Å². The third-order valence-electron chi connectivity index (χ3n) is 6.07. The van der Waals surface area contributed by atoms with Crippen LogP contribution in [0.5, 0.6) is 5.75 Å². The van der Waals surface area contributed by atoms with Crippen molar-refractivity contribution in [2.75, 3.05) is 7.11 Å². The van der Waals surface area contributed by atoms with Crippen molar-refractivity contribution in [1.82, 2.24) is 0 Å². The summed E-state index contributed by atoms with van der Waals surface area (Å²) in [5.74, 6) is -4.48. The maximum Gasteiger partial charge on any atom is 0.253 e. The van der Waals surface area contributed by atoms with Crippen molar-refractivity contribution in [3.05, 3.63) is 104 Å². The highest BCUT2D eigenvalue weighted by Crippen LogP contribution is 2.32. The van der Waals surface area contributed by atoms with Crippen LogP contribution in [0.3, 0.4) is 0 Å². The summed E-state index contributed by atoms with van der Waals surface area (Å²) in [5, 5.41) is 22.8. The Morgan fingerprint density at radius 1 is 0.780 bits per heavy atom. The van der Waals surface area contributed by atoms with Crippen LogP contribution < -0.4 is 4.74 Å². The van der Waals surface area contributed by atoms with Crippen molar-refractivity contribution in [2.45, 2.75) is 39.2 Å². The molecule has 1 N–H and O–H groups in total. The predicted molar refractivity (Wildman–Crippen MR) is 141 cm³/mol. The van der Waals surface area contributed by atoms with Gasteiger partial charge in [0, 0.05) is 36.3 Å². The lowest BCUT2D eigenvalue weighted by molar-refractivity contribution is 0.0964. The number of aryl methyl sites for hydroxylation is 1. The first-order valence-corrected chi connectivity index (χ1v) is 11.4. The van der Waals surface area contributed by atoms with Crippen LogP contribution in [0.25, 0.3) is 41.8 Å². The topological polar surface area (TPSA) is 293 Å². The molecule has 0 bridgehead atoms. The predicted octanol–water partition coefficient (Wildman–Crippen LogP) is 5.65. The Labute approximate surface area is 230 Å². The van der Waals surface area contributed by atoms with Gasteiger partial charge in [-0.3, -0.25) is 19.2 Å². The zero-order chi connectivity index (χ0) is 30.7. The quantitative estimate of drug-likeness (QED) is 0.217. The van der Waals surface area contributed by atoms with Crippen LogP contribution in [0, 0.1) is 13.8 Å². The molecule has 0 saturated heterocycles. The molecular formula is C23H20N12O6. The maximum absolute atomic E-state index is 12.6. The number of rotatable bonds is 10. The van der Waals surface area contributed by atoms with Crippen LogP contribution in [0.4, 0.5) is 0 Å². The molecule has 208 valence electrons. The Morgan fingerprint density at radius 2 is 1.27 bits per heavy atom. The average molecular weight is 560 g/mol. The summed E-state index contributed by atoms with van der Waals surface area (Å²) < 4.78 is 5.22. The highest BCUT2D eigenvalue weighted by atomic mass is 16.5. The molecule has 41 heavy (non-hydrogen) atoms. The van der Waals surface area contributed by atoms with Gasteiger partial charge in [0.2, 0.25) is 17.7 Å². The van der Waals surface area contributed by atoms with Gasteiger partial charge in [-0.05, 0) is 104 Å². The molecule has 0 spiro atoms. The van der Waals surface area contributed by atoms with Gasteiger partial charge in [-0.15, -0.1) is 0 Å². The van der Waals surface area contributed by atoms with E-state index in [0.29, 0.717) is 11.1 Å². The Bertz CT molecular complexity index is 1640. The second kappa shape index (κ2) is 14.3. The van der Waals surface area contributed by atoms with Gasteiger partial charge in [-0.2, -0.15) is 0 Å². The molecule has 0 aliphatic heterocycles. The SMILES string of the molecule is COc1cc(CC[C@@H](O)Cc2ccc(C(=O)N=[N+]=[N-])c(C(=O)N=[N+]=[N-])c2C)c(C)c(C(=O)N=[N+]=[N-])c1C(=O)N=[N+]=[N-]. The summed E-state index contributed by atoms with van der Waals surface area (Å²) >= 11 is 0. The van der Waals surface area contributed by atoms with Crippen molar-refractivity contribution in [1.29, 1.82) is 0 Å². The van der Waals surface area contributed by atoms with Gasteiger partial charge < -0.3 is 9.84 Å². The molecule has 2 rings (SSSR count). The van der Waals surface area contributed by atoms with E-state index in [9.17, 15) is 24.3 Å². The Balaban J connectivity index is 2.47. The lowest BCUT2D eigenvalue weighted by Gasteiger charge is -2.19. The summed E-state index contributed by atoms with van der Waals surface area (Å²) in [6, 6.07) is 4.09. The zero-order valence-corrected chi connectivity index (χ0v) is 21.8. The number of aliphatic hydroxyl groups is 1. The molecule has 0 fully saturated rings. The average Bonchev–Trinajstić information content (AvgIpc) is 2.93. The Morgan fingerprint density at radius 3 is 1.80 bits per heavy atom. The van der Waals surface area contributed by atoms with Crippen LogP contribution in [0.15, 0.2) is 38.7 Å². The van der Waals surface area contributed by atoms with Crippen molar-refractivity contribution in [3.8, 4) is 5.75 Å². The van der Waals surface area contributed by atoms with Gasteiger partial charge in [0.15, 0.2) is 0 Å². The molecule has 18 nitrogen and oxygen atoms in total. The van der Waals surface area contributed by atoms with Crippen molar-refractivity contribution in [3.63, 3.8) is 0 Å². The van der Waals surface area contributed by atoms with Crippen LogP contribution >= 0.6 is 0 Å². The summed E-state index contributed by atoms with van der Waals surface area (Å²) in [6.45, 7) is 2.95. The van der Waals surface area contributed by atoms with Crippen LogP contribution in [0.1, 0.15) is 70.1 Å². The molecule has 0 unspecified atom stereocenters. The number of ether oxygens (including phenoxy) is 1. The van der Waals surface area contributed by atoms with Crippen molar-refractivity contribution in [2.24, 2.45) is 20.5 Å². The molecule has 4 amide bonds. The summed E-state index contributed by atoms with van der Waals surface area (Å²) in [4.78, 5) is 59.3. The molecule has 2 aromatic rings. The second-order valence-corrected chi connectivity index (χ2v) is 8.26. The fourth-order valence-electron chi connectivity index (χ4n) is 4.18. The standard InChI is InChI=1S/C23H20N12O6/c1-10-12(5-7-15(20(37)28-32-24)17(10)21(38)29-33-25)8-14(36)6-4-13-9-16(41-3)19(23(40)31-35-27)18(11(13)2)22(39)30-34-26/h5,7,9,14,36H,4,6,8H2,1-3H3/t14-/m1/s1. The van der Waals surface area contributed by atoms with E-state index in [1.165, 1.54) is 39.2 Å². The highest BCUT2D eigenvalue weighted by Gasteiger charge is 2.26. The maximum atomic E-state index is 12.6. The molecule has 2 aromatic carbocycles. The third kappa shape index (κ3) is 7.16. The minimum Gasteiger partial charge on any atom is -0.496 e. The van der Waals surface area contributed by atoms with Gasteiger partial charge in [-0.25, -0.2) is 0 Å². The number of benzene rings is 2. The molecule has 0 aromatic heterocycles. The van der Waals surface area contributed by atoms with Gasteiger partial charge in [0.25, 0.3) is 5.91 Å². The number of azide groups is 4. The van der Waals surface area contributed by atoms with Gasteiger partial charge in [0.1, 0.15) is 5.75 Å². The van der Waals surface area contributed by atoms with Gasteiger partial charge >= 0.3 is 0 Å². The summed E-state index contributed by atoms with van der Waals surface area (Å²) in [7, 11) is 1.21. The van der Waals surface area contributed by atoms with Gasteiger partial charge in [0.05, 0.1) is 18.8 Å². The fourth-order valence-corrected chi connectivity index (χ4v) is 4.18. The molecular weight excluding hydrogens is 540 g/mol. The Hall–Kier alpha value is -5.88. The minimum atomic E-state index is -1.13. The van der Waals surface area contributed by atoms with E-state index >= 15 is 0 Å². The number of carbonyl (C=O) groups excluding carboxylic acids is 4. The van der Waals surface area contributed by atoms with E-state index < -0.39 is 29.7 Å². The minimum absolute atomic E-state index is 0.0213. The normalized spacial score (nSPS) is 10.5. The Kier molecular flexibility index (Phi) is 10.9. The number of hydrogen-bond acceptors (Lipinski definition) is 6. The molecule has 0 aliphatic rings. The van der Waals surface area contributed by atoms with E-state index in [0.717, 1.165) is 0 Å². The first kappa shape index (κ1) is 31.3. The third-order valence-corrected chi connectivity index (χ3v) is 6.07. The number of carbonyl (C=O) groups is 4. The van der Waals surface area contributed by atoms with Crippen molar-refractivity contribution >= 4 is 23.6 Å². The van der Waals surface area contributed by atoms with E-state index in [4.69, 9.17) is 26.9 Å². The van der Waals surface area contributed by atoms with Crippen LogP contribution in [-0.4, -0.2) is 41.9 Å². The van der Waals surface area contributed by atoms with E-state index in [1.807, 2.05) is 0 Å². The molecule has 0 aliphatic carbocycles. The fraction of sp³-hybridized carbons (Fsp3) is 0.304. The van der Waals surface area contributed by atoms with E-state index in [-0.39, 0.29) is 58.4 Å². The van der Waals surface area contributed by atoms with Crippen LogP contribution in [-0.2, 0) is 12.8 Å². The first-order valence-electron chi connectivity index (χ1n) is 11.4. The van der Waals surface area contributed by atoms with E-state index in [1.54, 1.807) is 0 Å². The number of hydrogen-bond donors (Lipinski definition) is 1. The molecule has 0 radical (unpaired) electrons.